The molecule has 0 bridgehead atoms. The summed E-state index contributed by atoms with van der Waals surface area (Å²) >= 11 is 0. The van der Waals surface area contributed by atoms with Crippen molar-refractivity contribution in [1.82, 2.24) is 4.90 Å². The smallest absolute Gasteiger partial charge is 0.208 e. The van der Waals surface area contributed by atoms with E-state index in [9.17, 15) is 0 Å². The minimum Gasteiger partial charge on any atom is -0.345 e. The van der Waals surface area contributed by atoms with Gasteiger partial charge in [0.25, 0.3) is 0 Å². The molecule has 1 aliphatic heterocycles. The Balaban J connectivity index is 0.00000180. The van der Waals surface area contributed by atoms with Crippen molar-refractivity contribution in [1.29, 1.82) is 0 Å². The molecule has 3 nitrogen and oxygen atoms in total. The molecule has 0 saturated carbocycles. The zero-order chi connectivity index (χ0) is 13.0. The molecule has 0 aromatic heterocycles. The number of hydrogen-bond donors (Lipinski definition) is 0. The second-order valence-corrected chi connectivity index (χ2v) is 5.41. The van der Waals surface area contributed by atoms with Crippen LogP contribution in [0.4, 0.5) is 0 Å². The molecule has 1 atom stereocenters. The van der Waals surface area contributed by atoms with Crippen molar-refractivity contribution in [3.05, 3.63) is 35.9 Å². The third-order valence-corrected chi connectivity index (χ3v) is 3.15. The zero-order valence-corrected chi connectivity index (χ0v) is 12.8. The van der Waals surface area contributed by atoms with Gasteiger partial charge in [-0.1, -0.05) is 44.2 Å². The van der Waals surface area contributed by atoms with E-state index in [1.54, 1.807) is 0 Å². The molecular formula is C15H24ClNO2. The van der Waals surface area contributed by atoms with E-state index in [0.29, 0.717) is 19.1 Å². The van der Waals surface area contributed by atoms with Crippen LogP contribution in [0.5, 0.6) is 0 Å². The standard InChI is InChI=1S/C15H23NO2.ClH/c1-13(2)11-18-15(12-16(3)9-10-17-15)14-7-5-4-6-8-14;/h4-8,13H,9-12H2,1-3H3;1H. The summed E-state index contributed by atoms with van der Waals surface area (Å²) in [6.45, 7) is 7.48. The molecule has 0 radical (unpaired) electrons. The molecule has 0 aliphatic carbocycles. The van der Waals surface area contributed by atoms with Crippen molar-refractivity contribution < 1.29 is 9.47 Å². The first-order chi connectivity index (χ1) is 8.62. The Morgan fingerprint density at radius 2 is 2.00 bits per heavy atom. The van der Waals surface area contributed by atoms with Crippen LogP contribution in [-0.2, 0) is 15.3 Å². The summed E-state index contributed by atoms with van der Waals surface area (Å²) in [5, 5.41) is 0. The van der Waals surface area contributed by atoms with Crippen LogP contribution in [0.3, 0.4) is 0 Å². The first-order valence-corrected chi connectivity index (χ1v) is 6.64. The van der Waals surface area contributed by atoms with Crippen LogP contribution in [0.25, 0.3) is 0 Å². The van der Waals surface area contributed by atoms with Crippen LogP contribution in [0, 0.1) is 5.92 Å². The van der Waals surface area contributed by atoms with Gasteiger partial charge in [-0.2, -0.15) is 0 Å². The van der Waals surface area contributed by atoms with Gasteiger partial charge in [-0.25, -0.2) is 0 Å². The van der Waals surface area contributed by atoms with Crippen LogP contribution in [0.15, 0.2) is 30.3 Å². The summed E-state index contributed by atoms with van der Waals surface area (Å²) in [5.74, 6) is -0.0974. The number of benzene rings is 1. The molecule has 0 N–H and O–H groups in total. The van der Waals surface area contributed by atoms with Gasteiger partial charge >= 0.3 is 0 Å². The average molecular weight is 286 g/mol. The Hall–Kier alpha value is -0.610. The highest BCUT2D eigenvalue weighted by molar-refractivity contribution is 5.85. The van der Waals surface area contributed by atoms with Gasteiger partial charge in [0, 0.05) is 12.1 Å². The summed E-state index contributed by atoms with van der Waals surface area (Å²) in [4.78, 5) is 2.26. The monoisotopic (exact) mass is 285 g/mol. The number of hydrogen-bond acceptors (Lipinski definition) is 3. The Morgan fingerprint density at radius 3 is 2.58 bits per heavy atom. The first kappa shape index (κ1) is 16.4. The molecule has 2 rings (SSSR count). The second kappa shape index (κ2) is 7.25. The van der Waals surface area contributed by atoms with Crippen molar-refractivity contribution in [3.8, 4) is 0 Å². The van der Waals surface area contributed by atoms with Crippen LogP contribution < -0.4 is 0 Å². The summed E-state index contributed by atoms with van der Waals surface area (Å²) in [5.41, 5.74) is 1.11. The number of morpholine rings is 1. The lowest BCUT2D eigenvalue weighted by atomic mass is 10.0. The highest BCUT2D eigenvalue weighted by Gasteiger charge is 2.38. The third kappa shape index (κ3) is 4.18. The Labute approximate surface area is 122 Å². The Morgan fingerprint density at radius 1 is 1.32 bits per heavy atom. The summed E-state index contributed by atoms with van der Waals surface area (Å²) in [7, 11) is 2.11. The number of rotatable bonds is 4. The van der Waals surface area contributed by atoms with E-state index in [-0.39, 0.29) is 12.4 Å². The Kier molecular flexibility index (Phi) is 6.27. The molecule has 108 valence electrons. The normalized spacial score (nSPS) is 24.2. The second-order valence-electron chi connectivity index (χ2n) is 5.41. The predicted octanol–water partition coefficient (Wildman–Crippen LogP) is 2.90. The lowest BCUT2D eigenvalue weighted by molar-refractivity contribution is -0.277. The minimum atomic E-state index is -0.599. The van der Waals surface area contributed by atoms with Gasteiger partial charge in [-0.3, -0.25) is 4.90 Å². The topological polar surface area (TPSA) is 21.7 Å². The number of nitrogens with zero attached hydrogens (tertiary/aromatic N) is 1. The maximum atomic E-state index is 6.12. The van der Waals surface area contributed by atoms with E-state index in [0.717, 1.165) is 18.7 Å². The predicted molar refractivity (Wildman–Crippen MR) is 79.6 cm³/mol. The molecular weight excluding hydrogens is 262 g/mol. The van der Waals surface area contributed by atoms with Gasteiger partial charge in [0.05, 0.1) is 19.8 Å². The molecule has 1 heterocycles. The largest absolute Gasteiger partial charge is 0.345 e. The van der Waals surface area contributed by atoms with E-state index in [1.165, 1.54) is 0 Å². The van der Waals surface area contributed by atoms with Gasteiger partial charge in [0.1, 0.15) is 0 Å². The molecule has 1 fully saturated rings. The van der Waals surface area contributed by atoms with Crippen molar-refractivity contribution in [3.63, 3.8) is 0 Å². The molecule has 1 aromatic rings. The molecule has 4 heteroatoms. The van der Waals surface area contributed by atoms with Gasteiger partial charge < -0.3 is 9.47 Å². The fraction of sp³-hybridized carbons (Fsp3) is 0.600. The molecule has 0 amide bonds. The van der Waals surface area contributed by atoms with E-state index in [2.05, 4.69) is 37.9 Å². The summed E-state index contributed by atoms with van der Waals surface area (Å²) in [6, 6.07) is 10.3. The molecule has 1 aromatic carbocycles. The Bertz CT molecular complexity index is 372. The quantitative estimate of drug-likeness (QED) is 0.849. The lowest BCUT2D eigenvalue weighted by Crippen LogP contribution is -2.50. The fourth-order valence-electron chi connectivity index (χ4n) is 2.19. The van der Waals surface area contributed by atoms with E-state index in [1.807, 2.05) is 18.2 Å². The van der Waals surface area contributed by atoms with Crippen molar-refractivity contribution in [2.24, 2.45) is 5.92 Å². The fourth-order valence-corrected chi connectivity index (χ4v) is 2.19. The lowest BCUT2D eigenvalue weighted by Gasteiger charge is -2.41. The highest BCUT2D eigenvalue weighted by Crippen LogP contribution is 2.31. The highest BCUT2D eigenvalue weighted by atomic mass is 35.5. The van der Waals surface area contributed by atoms with Crippen LogP contribution in [-0.4, -0.2) is 38.3 Å². The number of ether oxygens (including phenoxy) is 2. The minimum absolute atomic E-state index is 0. The van der Waals surface area contributed by atoms with Gasteiger partial charge in [0.15, 0.2) is 0 Å². The van der Waals surface area contributed by atoms with Gasteiger partial charge in [0.2, 0.25) is 5.79 Å². The first-order valence-electron chi connectivity index (χ1n) is 6.64. The third-order valence-electron chi connectivity index (χ3n) is 3.15. The van der Waals surface area contributed by atoms with E-state index >= 15 is 0 Å². The maximum absolute atomic E-state index is 6.12. The van der Waals surface area contributed by atoms with Gasteiger partial charge in [-0.05, 0) is 13.0 Å². The molecule has 19 heavy (non-hydrogen) atoms. The molecule has 1 unspecified atom stereocenters. The van der Waals surface area contributed by atoms with Crippen LogP contribution in [0.1, 0.15) is 19.4 Å². The maximum Gasteiger partial charge on any atom is 0.208 e. The van der Waals surface area contributed by atoms with Crippen molar-refractivity contribution >= 4 is 12.4 Å². The average Bonchev–Trinajstić information content (AvgIpc) is 2.37. The summed E-state index contributed by atoms with van der Waals surface area (Å²) in [6.07, 6.45) is 0. The molecule has 1 saturated heterocycles. The molecule has 1 aliphatic rings. The van der Waals surface area contributed by atoms with Crippen LogP contribution in [0.2, 0.25) is 0 Å². The van der Waals surface area contributed by atoms with Crippen LogP contribution >= 0.6 is 12.4 Å². The number of halogens is 1. The number of likely N-dealkylation sites (N-methyl/N-ethyl adjacent to an activating group) is 1. The van der Waals surface area contributed by atoms with E-state index < -0.39 is 5.79 Å². The van der Waals surface area contributed by atoms with Gasteiger partial charge in [-0.15, -0.1) is 12.4 Å². The van der Waals surface area contributed by atoms with Crippen molar-refractivity contribution in [2.75, 3.05) is 33.4 Å². The molecule has 0 spiro atoms. The SMILES string of the molecule is CC(C)COC1(c2ccccc2)CN(C)CCO1.Cl. The summed E-state index contributed by atoms with van der Waals surface area (Å²) < 4.78 is 12.1. The van der Waals surface area contributed by atoms with E-state index in [4.69, 9.17) is 9.47 Å². The zero-order valence-electron chi connectivity index (χ0n) is 12.0. The van der Waals surface area contributed by atoms with Crippen molar-refractivity contribution in [2.45, 2.75) is 19.6 Å².